The number of fused-ring (bicyclic) bond motifs is 5. The van der Waals surface area contributed by atoms with Gasteiger partial charge in [0.1, 0.15) is 0 Å². The van der Waals surface area contributed by atoms with Crippen LogP contribution in [0, 0.1) is 22.7 Å². The molecule has 0 aromatic rings. The van der Waals surface area contributed by atoms with Crippen LogP contribution in [-0.2, 0) is 0 Å². The molecule has 0 aromatic carbocycles. The molecule has 0 saturated heterocycles. The van der Waals surface area contributed by atoms with Gasteiger partial charge in [-0.25, -0.2) is 0 Å². The van der Waals surface area contributed by atoms with Gasteiger partial charge in [-0.1, -0.05) is 37.6 Å². The lowest BCUT2D eigenvalue weighted by Gasteiger charge is -2.60. The zero-order chi connectivity index (χ0) is 14.0. The van der Waals surface area contributed by atoms with Crippen LogP contribution in [0.3, 0.4) is 0 Å². The van der Waals surface area contributed by atoms with Crippen LogP contribution in [0.2, 0.25) is 0 Å². The van der Waals surface area contributed by atoms with Crippen LogP contribution in [0.15, 0.2) is 23.8 Å². The molecule has 0 spiro atoms. The Kier molecular flexibility index (Phi) is 2.63. The van der Waals surface area contributed by atoms with Gasteiger partial charge in [-0.2, -0.15) is 0 Å². The number of hydrogen-bond acceptors (Lipinski definition) is 1. The molecule has 0 aliphatic heterocycles. The average Bonchev–Trinajstić information content (AvgIpc) is 2.74. The van der Waals surface area contributed by atoms with Crippen molar-refractivity contribution in [2.24, 2.45) is 22.7 Å². The summed E-state index contributed by atoms with van der Waals surface area (Å²) >= 11 is 0. The summed E-state index contributed by atoms with van der Waals surface area (Å²) in [7, 11) is 0. The second-order valence-corrected chi connectivity index (χ2v) is 8.37. The van der Waals surface area contributed by atoms with E-state index in [4.69, 9.17) is 0 Å². The lowest BCUT2D eigenvalue weighted by Crippen LogP contribution is -2.59. The quantitative estimate of drug-likeness (QED) is 0.682. The van der Waals surface area contributed by atoms with Crippen LogP contribution < -0.4 is 0 Å². The van der Waals surface area contributed by atoms with E-state index in [0.29, 0.717) is 17.3 Å². The van der Waals surface area contributed by atoms with Crippen molar-refractivity contribution in [3.05, 3.63) is 23.8 Å². The summed E-state index contributed by atoms with van der Waals surface area (Å²) in [5, 5.41) is 11.5. The van der Waals surface area contributed by atoms with Crippen molar-refractivity contribution < 1.29 is 5.11 Å². The van der Waals surface area contributed by atoms with Crippen LogP contribution >= 0.6 is 0 Å². The van der Waals surface area contributed by atoms with Crippen LogP contribution in [0.4, 0.5) is 0 Å². The molecule has 3 fully saturated rings. The number of allylic oxidation sites excluding steroid dienone is 4. The summed E-state index contributed by atoms with van der Waals surface area (Å²) in [4.78, 5) is 0. The predicted octanol–water partition coefficient (Wildman–Crippen LogP) is 4.62. The summed E-state index contributed by atoms with van der Waals surface area (Å²) < 4.78 is 0. The van der Waals surface area contributed by atoms with Gasteiger partial charge in [0, 0.05) is 0 Å². The van der Waals surface area contributed by atoms with Crippen LogP contribution in [0.25, 0.3) is 0 Å². The molecule has 110 valence electrons. The van der Waals surface area contributed by atoms with Crippen molar-refractivity contribution >= 4 is 0 Å². The Morgan fingerprint density at radius 2 is 1.95 bits per heavy atom. The van der Waals surface area contributed by atoms with Gasteiger partial charge < -0.3 is 5.11 Å². The van der Waals surface area contributed by atoms with Gasteiger partial charge in [0.15, 0.2) is 0 Å². The smallest absolute Gasteiger partial charge is 0.0732 e. The van der Waals surface area contributed by atoms with E-state index >= 15 is 0 Å². The molecule has 4 aliphatic rings. The van der Waals surface area contributed by atoms with Crippen LogP contribution in [0.5, 0.6) is 0 Å². The second kappa shape index (κ2) is 4.00. The monoisotopic (exact) mass is 272 g/mol. The molecule has 4 aliphatic carbocycles. The fourth-order valence-corrected chi connectivity index (χ4v) is 6.34. The summed E-state index contributed by atoms with van der Waals surface area (Å²) in [6, 6.07) is 0. The van der Waals surface area contributed by atoms with Crippen molar-refractivity contribution in [1.29, 1.82) is 0 Å². The van der Waals surface area contributed by atoms with Crippen molar-refractivity contribution in [3.8, 4) is 0 Å². The third kappa shape index (κ3) is 1.43. The maximum Gasteiger partial charge on any atom is 0.0732 e. The largest absolute Gasteiger partial charge is 0.389 e. The Hall–Kier alpha value is -0.560. The van der Waals surface area contributed by atoms with E-state index < -0.39 is 0 Å². The van der Waals surface area contributed by atoms with Gasteiger partial charge in [0.2, 0.25) is 0 Å². The zero-order valence-electron chi connectivity index (χ0n) is 13.0. The predicted molar refractivity (Wildman–Crippen MR) is 82.3 cm³/mol. The standard InChI is InChI=1S/C19H28O/c1-17-10-5-12-19(17,20)16-8-7-14-6-3-4-11-18(14,2)15(16)9-13-17/h3-4,6,15-16,20H,5,7-13H2,1-2H3/t15-,16+,17-,18-,19-/m0/s1. The third-order valence-corrected chi connectivity index (χ3v) is 7.69. The summed E-state index contributed by atoms with van der Waals surface area (Å²) in [5.41, 5.74) is 1.82. The van der Waals surface area contributed by atoms with Gasteiger partial charge >= 0.3 is 0 Å². The molecule has 20 heavy (non-hydrogen) atoms. The minimum absolute atomic E-state index is 0.205. The van der Waals surface area contributed by atoms with E-state index in [-0.39, 0.29) is 11.0 Å². The molecule has 1 heteroatoms. The molecule has 4 rings (SSSR count). The number of rotatable bonds is 0. The minimum atomic E-state index is -0.369. The Bertz CT molecular complexity index is 490. The summed E-state index contributed by atoms with van der Waals surface area (Å²) in [5.74, 6) is 1.24. The molecule has 0 aromatic heterocycles. The molecule has 0 heterocycles. The SMILES string of the molecule is C[C@@]12CCC[C@]1(O)[C@@H]1CCC3=CC=CC[C@]3(C)[C@H]1CC2. The molecule has 0 bridgehead atoms. The van der Waals surface area contributed by atoms with Crippen molar-refractivity contribution in [2.75, 3.05) is 0 Å². The Morgan fingerprint density at radius 3 is 2.80 bits per heavy atom. The van der Waals surface area contributed by atoms with Crippen molar-refractivity contribution in [3.63, 3.8) is 0 Å². The second-order valence-electron chi connectivity index (χ2n) is 8.37. The summed E-state index contributed by atoms with van der Waals surface area (Å²) in [6.45, 7) is 4.84. The van der Waals surface area contributed by atoms with E-state index in [9.17, 15) is 5.11 Å². The number of hydrogen-bond donors (Lipinski definition) is 1. The molecule has 5 atom stereocenters. The van der Waals surface area contributed by atoms with E-state index in [0.717, 1.165) is 6.42 Å². The van der Waals surface area contributed by atoms with E-state index in [2.05, 4.69) is 32.1 Å². The van der Waals surface area contributed by atoms with Crippen molar-refractivity contribution in [2.45, 2.75) is 70.8 Å². The highest BCUT2D eigenvalue weighted by atomic mass is 16.3. The van der Waals surface area contributed by atoms with E-state index in [1.165, 1.54) is 44.9 Å². The lowest BCUT2D eigenvalue weighted by atomic mass is 9.46. The Morgan fingerprint density at radius 1 is 1.10 bits per heavy atom. The minimum Gasteiger partial charge on any atom is -0.389 e. The van der Waals surface area contributed by atoms with Gasteiger partial charge in [-0.05, 0) is 74.0 Å². The third-order valence-electron chi connectivity index (χ3n) is 7.69. The fraction of sp³-hybridized carbons (Fsp3) is 0.789. The highest BCUT2D eigenvalue weighted by Crippen LogP contribution is 2.66. The maximum absolute atomic E-state index is 11.5. The first-order valence-electron chi connectivity index (χ1n) is 8.58. The van der Waals surface area contributed by atoms with Crippen LogP contribution in [0.1, 0.15) is 65.2 Å². The van der Waals surface area contributed by atoms with Gasteiger partial charge in [0.25, 0.3) is 0 Å². The molecule has 3 saturated carbocycles. The molecule has 1 nitrogen and oxygen atoms in total. The first kappa shape index (κ1) is 13.1. The number of aliphatic hydroxyl groups is 1. The van der Waals surface area contributed by atoms with Gasteiger partial charge in [-0.3, -0.25) is 0 Å². The fourth-order valence-electron chi connectivity index (χ4n) is 6.34. The average molecular weight is 272 g/mol. The molecule has 1 N–H and O–H groups in total. The van der Waals surface area contributed by atoms with Gasteiger partial charge in [0.05, 0.1) is 5.60 Å². The molecular weight excluding hydrogens is 244 g/mol. The van der Waals surface area contributed by atoms with Gasteiger partial charge in [-0.15, -0.1) is 0 Å². The first-order valence-corrected chi connectivity index (χ1v) is 8.58. The Labute approximate surface area is 123 Å². The summed E-state index contributed by atoms with van der Waals surface area (Å²) in [6.07, 6.45) is 16.7. The highest BCUT2D eigenvalue weighted by molar-refractivity contribution is 5.31. The normalized spacial score (nSPS) is 53.9. The lowest BCUT2D eigenvalue weighted by molar-refractivity contribution is -0.171. The van der Waals surface area contributed by atoms with E-state index in [1.807, 2.05) is 0 Å². The molecule has 0 radical (unpaired) electrons. The first-order chi connectivity index (χ1) is 9.50. The molecule has 0 unspecified atom stereocenters. The van der Waals surface area contributed by atoms with E-state index in [1.54, 1.807) is 5.57 Å². The topological polar surface area (TPSA) is 20.2 Å². The zero-order valence-corrected chi connectivity index (χ0v) is 13.0. The van der Waals surface area contributed by atoms with Crippen molar-refractivity contribution in [1.82, 2.24) is 0 Å². The molecular formula is C19H28O. The van der Waals surface area contributed by atoms with Crippen LogP contribution in [-0.4, -0.2) is 10.7 Å². The Balaban J connectivity index is 1.75. The highest BCUT2D eigenvalue weighted by Gasteiger charge is 2.63. The molecule has 0 amide bonds. The maximum atomic E-state index is 11.5.